The SMILES string of the molecule is C[C@H](c1ccccc1)N1C2C=CC(C2)C1CN. The molecule has 0 saturated carbocycles. The van der Waals surface area contributed by atoms with Gasteiger partial charge in [-0.2, -0.15) is 0 Å². The van der Waals surface area contributed by atoms with E-state index in [2.05, 4.69) is 54.3 Å². The molecule has 1 aromatic rings. The second-order valence-electron chi connectivity index (χ2n) is 5.19. The Morgan fingerprint density at radius 1 is 1.29 bits per heavy atom. The lowest BCUT2D eigenvalue weighted by atomic mass is 9.99. The molecule has 0 radical (unpaired) electrons. The van der Waals surface area contributed by atoms with Gasteiger partial charge < -0.3 is 5.73 Å². The lowest BCUT2D eigenvalue weighted by Crippen LogP contribution is -2.44. The van der Waals surface area contributed by atoms with Crippen LogP contribution in [0.15, 0.2) is 42.5 Å². The van der Waals surface area contributed by atoms with E-state index in [1.165, 1.54) is 12.0 Å². The fourth-order valence-corrected chi connectivity index (χ4v) is 3.46. The molecule has 0 spiro atoms. The minimum atomic E-state index is 0.463. The summed E-state index contributed by atoms with van der Waals surface area (Å²) >= 11 is 0. The molecule has 17 heavy (non-hydrogen) atoms. The summed E-state index contributed by atoms with van der Waals surface area (Å²) in [5, 5.41) is 0. The molecule has 3 rings (SSSR count). The van der Waals surface area contributed by atoms with Gasteiger partial charge in [0.25, 0.3) is 0 Å². The summed E-state index contributed by atoms with van der Waals surface area (Å²) in [5.74, 6) is 0.677. The number of nitrogens with zero attached hydrogens (tertiary/aromatic N) is 1. The highest BCUT2D eigenvalue weighted by molar-refractivity contribution is 5.24. The van der Waals surface area contributed by atoms with Crippen LogP contribution >= 0.6 is 0 Å². The topological polar surface area (TPSA) is 29.3 Å². The predicted molar refractivity (Wildman–Crippen MR) is 70.6 cm³/mol. The number of nitrogens with two attached hydrogens (primary N) is 1. The third kappa shape index (κ3) is 1.72. The van der Waals surface area contributed by atoms with Crippen molar-refractivity contribution in [2.75, 3.05) is 6.54 Å². The Bertz CT molecular complexity index is 412. The molecule has 2 N–H and O–H groups in total. The lowest BCUT2D eigenvalue weighted by molar-refractivity contribution is 0.149. The largest absolute Gasteiger partial charge is 0.329 e. The Labute approximate surface area is 103 Å². The van der Waals surface area contributed by atoms with Crippen molar-refractivity contribution >= 4 is 0 Å². The van der Waals surface area contributed by atoms with Gasteiger partial charge in [-0.25, -0.2) is 0 Å². The van der Waals surface area contributed by atoms with E-state index in [0.29, 0.717) is 24.0 Å². The molecule has 0 amide bonds. The van der Waals surface area contributed by atoms with Crippen molar-refractivity contribution in [3.8, 4) is 0 Å². The molecular formula is C15H20N2. The van der Waals surface area contributed by atoms with Crippen LogP contribution in [-0.4, -0.2) is 23.5 Å². The van der Waals surface area contributed by atoms with Crippen LogP contribution in [0.25, 0.3) is 0 Å². The molecule has 3 unspecified atom stereocenters. The average molecular weight is 228 g/mol. The van der Waals surface area contributed by atoms with Crippen molar-refractivity contribution in [3.63, 3.8) is 0 Å². The maximum absolute atomic E-state index is 5.95. The van der Waals surface area contributed by atoms with Crippen molar-refractivity contribution < 1.29 is 0 Å². The van der Waals surface area contributed by atoms with Crippen LogP contribution in [0.5, 0.6) is 0 Å². The molecule has 2 nitrogen and oxygen atoms in total. The summed E-state index contributed by atoms with van der Waals surface area (Å²) in [4.78, 5) is 2.60. The molecule has 4 atom stereocenters. The monoisotopic (exact) mass is 228 g/mol. The Kier molecular flexibility index (Phi) is 2.77. The highest BCUT2D eigenvalue weighted by atomic mass is 15.3. The molecule has 90 valence electrons. The number of hydrogen-bond donors (Lipinski definition) is 1. The van der Waals surface area contributed by atoms with Crippen LogP contribution < -0.4 is 5.73 Å². The normalized spacial score (nSPS) is 33.2. The first kappa shape index (κ1) is 11.0. The van der Waals surface area contributed by atoms with Crippen LogP contribution in [0.2, 0.25) is 0 Å². The third-order valence-electron chi connectivity index (χ3n) is 4.32. The van der Waals surface area contributed by atoms with E-state index in [1.807, 2.05) is 0 Å². The van der Waals surface area contributed by atoms with Crippen molar-refractivity contribution in [1.29, 1.82) is 0 Å². The van der Waals surface area contributed by atoms with E-state index in [9.17, 15) is 0 Å². The van der Waals surface area contributed by atoms with Gasteiger partial charge in [0.05, 0.1) is 0 Å². The zero-order valence-electron chi connectivity index (χ0n) is 10.3. The van der Waals surface area contributed by atoms with Gasteiger partial charge in [-0.15, -0.1) is 0 Å². The standard InChI is InChI=1S/C15H20N2/c1-11(12-5-3-2-4-6-12)17-14-8-7-13(9-14)15(17)10-16/h2-8,11,13-15H,9-10,16H2,1H3/t11-,13?,14?,15?/m1/s1. The first-order valence-corrected chi connectivity index (χ1v) is 6.52. The molecule has 2 aliphatic rings. The first-order valence-electron chi connectivity index (χ1n) is 6.52. The number of hydrogen-bond acceptors (Lipinski definition) is 2. The number of fused-ring (bicyclic) bond motifs is 2. The molecule has 1 fully saturated rings. The van der Waals surface area contributed by atoms with E-state index in [1.54, 1.807) is 0 Å². The highest BCUT2D eigenvalue weighted by Gasteiger charge is 2.43. The Morgan fingerprint density at radius 3 is 2.76 bits per heavy atom. The third-order valence-corrected chi connectivity index (χ3v) is 4.32. The molecule has 1 heterocycles. The molecule has 2 heteroatoms. The van der Waals surface area contributed by atoms with Gasteiger partial charge in [-0.1, -0.05) is 42.5 Å². The van der Waals surface area contributed by atoms with Crippen LogP contribution in [0.4, 0.5) is 0 Å². The maximum Gasteiger partial charge on any atom is 0.0329 e. The van der Waals surface area contributed by atoms with Gasteiger partial charge in [0.15, 0.2) is 0 Å². The van der Waals surface area contributed by atoms with E-state index >= 15 is 0 Å². The van der Waals surface area contributed by atoms with E-state index in [0.717, 1.165) is 6.54 Å². The van der Waals surface area contributed by atoms with Gasteiger partial charge >= 0.3 is 0 Å². The summed E-state index contributed by atoms with van der Waals surface area (Å²) in [6, 6.07) is 12.3. The fourth-order valence-electron chi connectivity index (χ4n) is 3.46. The maximum atomic E-state index is 5.95. The smallest absolute Gasteiger partial charge is 0.0329 e. The second kappa shape index (κ2) is 4.28. The molecule has 1 aliphatic carbocycles. The van der Waals surface area contributed by atoms with Gasteiger partial charge in [0, 0.05) is 24.7 Å². The van der Waals surface area contributed by atoms with Crippen LogP contribution in [0.3, 0.4) is 0 Å². The van der Waals surface area contributed by atoms with Gasteiger partial charge in [0.2, 0.25) is 0 Å². The van der Waals surface area contributed by atoms with E-state index < -0.39 is 0 Å². The van der Waals surface area contributed by atoms with E-state index in [4.69, 9.17) is 5.73 Å². The molecule has 1 saturated heterocycles. The Morgan fingerprint density at radius 2 is 2.06 bits per heavy atom. The fraction of sp³-hybridized carbons (Fsp3) is 0.467. The van der Waals surface area contributed by atoms with Crippen molar-refractivity contribution in [1.82, 2.24) is 4.90 Å². The number of benzene rings is 1. The van der Waals surface area contributed by atoms with Crippen molar-refractivity contribution in [2.45, 2.75) is 31.5 Å². The molecule has 1 aliphatic heterocycles. The van der Waals surface area contributed by atoms with Crippen LogP contribution in [0.1, 0.15) is 24.9 Å². The van der Waals surface area contributed by atoms with Crippen molar-refractivity contribution in [3.05, 3.63) is 48.0 Å². The number of likely N-dealkylation sites (tertiary alicyclic amines) is 1. The summed E-state index contributed by atoms with van der Waals surface area (Å²) in [6.07, 6.45) is 5.98. The highest BCUT2D eigenvalue weighted by Crippen LogP contribution is 2.41. The first-order chi connectivity index (χ1) is 8.31. The van der Waals surface area contributed by atoms with Crippen molar-refractivity contribution in [2.24, 2.45) is 11.7 Å². The molecule has 1 aromatic carbocycles. The predicted octanol–water partition coefficient (Wildman–Crippen LogP) is 2.34. The van der Waals surface area contributed by atoms with Gasteiger partial charge in [-0.3, -0.25) is 4.90 Å². The van der Waals surface area contributed by atoms with Crippen LogP contribution in [0, 0.1) is 5.92 Å². The molecule has 0 aromatic heterocycles. The second-order valence-corrected chi connectivity index (χ2v) is 5.19. The zero-order chi connectivity index (χ0) is 11.8. The zero-order valence-corrected chi connectivity index (χ0v) is 10.3. The van der Waals surface area contributed by atoms with Crippen LogP contribution in [-0.2, 0) is 0 Å². The minimum absolute atomic E-state index is 0.463. The van der Waals surface area contributed by atoms with Gasteiger partial charge in [-0.05, 0) is 24.8 Å². The Balaban J connectivity index is 1.87. The molecule has 2 bridgehead atoms. The summed E-state index contributed by atoms with van der Waals surface area (Å²) in [5.41, 5.74) is 7.35. The summed E-state index contributed by atoms with van der Waals surface area (Å²) in [6.45, 7) is 3.06. The minimum Gasteiger partial charge on any atom is -0.329 e. The summed E-state index contributed by atoms with van der Waals surface area (Å²) in [7, 11) is 0. The summed E-state index contributed by atoms with van der Waals surface area (Å²) < 4.78 is 0. The molecular weight excluding hydrogens is 208 g/mol. The Hall–Kier alpha value is -1.12. The quantitative estimate of drug-likeness (QED) is 0.805. The van der Waals surface area contributed by atoms with E-state index in [-0.39, 0.29) is 0 Å². The average Bonchev–Trinajstić information content (AvgIpc) is 2.98. The van der Waals surface area contributed by atoms with Gasteiger partial charge in [0.1, 0.15) is 0 Å². The lowest BCUT2D eigenvalue weighted by Gasteiger charge is -2.37. The number of rotatable bonds is 3.